The molecule has 0 aliphatic carbocycles. The summed E-state index contributed by atoms with van der Waals surface area (Å²) in [6, 6.07) is 4.19. The first-order valence-corrected chi connectivity index (χ1v) is 6.80. The number of thiocarbonyl (C=S) groups is 1. The minimum atomic E-state index is 0.327. The highest BCUT2D eigenvalue weighted by Gasteiger charge is 2.11. The molecule has 2 rings (SSSR count). The third kappa shape index (κ3) is 3.02. The maximum absolute atomic E-state index is 5.67. The average molecular weight is 278 g/mol. The van der Waals surface area contributed by atoms with Crippen LogP contribution in [0.2, 0.25) is 0 Å². The number of rotatable bonds is 5. The van der Waals surface area contributed by atoms with Crippen LogP contribution in [0.3, 0.4) is 0 Å². The monoisotopic (exact) mass is 278 g/mol. The van der Waals surface area contributed by atoms with Gasteiger partial charge in [0.1, 0.15) is 17.1 Å². The standard InChI is InChI=1S/C12H14N4S2/c1-16(5-4-9-3-2-6-18-9)12-10(11(13)17)7-14-8-15-12/h2-3,6-8H,4-5H2,1H3,(H2,13,17). The van der Waals surface area contributed by atoms with Gasteiger partial charge in [-0.25, -0.2) is 9.97 Å². The van der Waals surface area contributed by atoms with Gasteiger partial charge in [-0.05, 0) is 17.9 Å². The van der Waals surface area contributed by atoms with Crippen LogP contribution in [-0.4, -0.2) is 28.5 Å². The molecule has 0 atom stereocenters. The molecule has 0 aromatic carbocycles. The van der Waals surface area contributed by atoms with E-state index in [2.05, 4.69) is 32.4 Å². The van der Waals surface area contributed by atoms with Crippen molar-refractivity contribution in [2.45, 2.75) is 6.42 Å². The Labute approximate surface area is 115 Å². The van der Waals surface area contributed by atoms with Crippen LogP contribution in [0, 0.1) is 0 Å². The SMILES string of the molecule is CN(CCc1cccs1)c1ncncc1C(N)=S. The van der Waals surface area contributed by atoms with Gasteiger partial charge in [0, 0.05) is 24.7 Å². The first-order valence-electron chi connectivity index (χ1n) is 5.52. The van der Waals surface area contributed by atoms with Gasteiger partial charge in [-0.3, -0.25) is 0 Å². The fourth-order valence-corrected chi connectivity index (χ4v) is 2.48. The highest BCUT2D eigenvalue weighted by atomic mass is 32.1. The van der Waals surface area contributed by atoms with Crippen LogP contribution < -0.4 is 10.6 Å². The van der Waals surface area contributed by atoms with E-state index in [9.17, 15) is 0 Å². The van der Waals surface area contributed by atoms with Crippen LogP contribution in [0.5, 0.6) is 0 Å². The van der Waals surface area contributed by atoms with Crippen molar-refractivity contribution in [2.24, 2.45) is 5.73 Å². The van der Waals surface area contributed by atoms with Crippen LogP contribution in [-0.2, 0) is 6.42 Å². The summed E-state index contributed by atoms with van der Waals surface area (Å²) in [5.41, 5.74) is 6.39. The minimum Gasteiger partial charge on any atom is -0.389 e. The molecule has 6 heteroatoms. The van der Waals surface area contributed by atoms with E-state index in [4.69, 9.17) is 18.0 Å². The Balaban J connectivity index is 2.09. The predicted molar refractivity (Wildman–Crippen MR) is 79.2 cm³/mol. The van der Waals surface area contributed by atoms with Crippen molar-refractivity contribution >= 4 is 34.4 Å². The molecule has 4 nitrogen and oxygen atoms in total. The number of anilines is 1. The smallest absolute Gasteiger partial charge is 0.141 e. The Bertz CT molecular complexity index is 525. The fourth-order valence-electron chi connectivity index (χ4n) is 1.64. The quantitative estimate of drug-likeness (QED) is 0.846. The highest BCUT2D eigenvalue weighted by Crippen LogP contribution is 2.16. The number of thiophene rings is 1. The normalized spacial score (nSPS) is 10.3. The second kappa shape index (κ2) is 5.88. The van der Waals surface area contributed by atoms with Crippen molar-refractivity contribution in [3.05, 3.63) is 40.5 Å². The van der Waals surface area contributed by atoms with Crippen molar-refractivity contribution in [3.8, 4) is 0 Å². The second-order valence-electron chi connectivity index (χ2n) is 3.88. The Kier molecular flexibility index (Phi) is 4.22. The molecule has 0 saturated heterocycles. The van der Waals surface area contributed by atoms with E-state index in [1.54, 1.807) is 17.5 Å². The van der Waals surface area contributed by atoms with Crippen molar-refractivity contribution in [1.29, 1.82) is 0 Å². The predicted octanol–water partition coefficient (Wildman–Crippen LogP) is 1.85. The molecule has 0 aliphatic heterocycles. The molecule has 0 saturated carbocycles. The van der Waals surface area contributed by atoms with Crippen LogP contribution in [0.25, 0.3) is 0 Å². The van der Waals surface area contributed by atoms with Gasteiger partial charge in [-0.15, -0.1) is 11.3 Å². The largest absolute Gasteiger partial charge is 0.389 e. The maximum Gasteiger partial charge on any atom is 0.141 e. The Morgan fingerprint density at radius 2 is 2.39 bits per heavy atom. The van der Waals surface area contributed by atoms with Crippen LogP contribution in [0.4, 0.5) is 5.82 Å². The first kappa shape index (κ1) is 12.9. The number of nitrogens with two attached hydrogens (primary N) is 1. The zero-order valence-corrected chi connectivity index (χ0v) is 11.7. The number of hydrogen-bond donors (Lipinski definition) is 1. The molecule has 0 amide bonds. The van der Waals surface area contributed by atoms with Gasteiger partial charge >= 0.3 is 0 Å². The molecule has 0 radical (unpaired) electrons. The molecule has 2 heterocycles. The fraction of sp³-hybridized carbons (Fsp3) is 0.250. The van der Waals surface area contributed by atoms with Crippen LogP contribution in [0.15, 0.2) is 30.0 Å². The molecule has 2 aromatic heterocycles. The maximum atomic E-state index is 5.67. The summed E-state index contributed by atoms with van der Waals surface area (Å²) in [4.78, 5) is 11.9. The molecular weight excluding hydrogens is 264 g/mol. The van der Waals surface area contributed by atoms with Gasteiger partial charge in [0.25, 0.3) is 0 Å². The highest BCUT2D eigenvalue weighted by molar-refractivity contribution is 7.80. The van der Waals surface area contributed by atoms with E-state index in [1.807, 2.05) is 7.05 Å². The van der Waals surface area contributed by atoms with Gasteiger partial charge in [0.2, 0.25) is 0 Å². The summed E-state index contributed by atoms with van der Waals surface area (Å²) in [5.74, 6) is 0.786. The molecule has 0 unspecified atom stereocenters. The van der Waals surface area contributed by atoms with Crippen molar-refractivity contribution in [1.82, 2.24) is 9.97 Å². The van der Waals surface area contributed by atoms with Crippen molar-refractivity contribution in [2.75, 3.05) is 18.5 Å². The zero-order valence-electron chi connectivity index (χ0n) is 10.0. The van der Waals surface area contributed by atoms with E-state index < -0.39 is 0 Å². The molecule has 0 spiro atoms. The molecule has 2 N–H and O–H groups in total. The number of hydrogen-bond acceptors (Lipinski definition) is 5. The Morgan fingerprint density at radius 3 is 3.06 bits per heavy atom. The molecule has 94 valence electrons. The zero-order chi connectivity index (χ0) is 13.0. The van der Waals surface area contributed by atoms with E-state index in [1.165, 1.54) is 11.2 Å². The molecule has 0 fully saturated rings. The van der Waals surface area contributed by atoms with E-state index in [-0.39, 0.29) is 0 Å². The number of aromatic nitrogens is 2. The van der Waals surface area contributed by atoms with E-state index in [0.29, 0.717) is 4.99 Å². The third-order valence-electron chi connectivity index (χ3n) is 2.59. The lowest BCUT2D eigenvalue weighted by atomic mass is 10.2. The molecule has 2 aromatic rings. The average Bonchev–Trinajstić information content (AvgIpc) is 2.89. The van der Waals surface area contributed by atoms with E-state index in [0.717, 1.165) is 24.3 Å². The topological polar surface area (TPSA) is 55.0 Å². The van der Waals surface area contributed by atoms with Crippen molar-refractivity contribution in [3.63, 3.8) is 0 Å². The summed E-state index contributed by atoms with van der Waals surface area (Å²) in [6.45, 7) is 0.868. The van der Waals surface area contributed by atoms with Crippen LogP contribution >= 0.6 is 23.6 Å². The lowest BCUT2D eigenvalue weighted by molar-refractivity contribution is 0.863. The Hall–Kier alpha value is -1.53. The van der Waals surface area contributed by atoms with E-state index >= 15 is 0 Å². The molecular formula is C12H14N4S2. The van der Waals surface area contributed by atoms with Gasteiger partial charge in [0.15, 0.2) is 0 Å². The lowest BCUT2D eigenvalue weighted by Gasteiger charge is -2.19. The number of likely N-dealkylation sites (N-methyl/N-ethyl adjacent to an activating group) is 1. The lowest BCUT2D eigenvalue weighted by Crippen LogP contribution is -2.25. The molecule has 0 aliphatic rings. The summed E-state index contributed by atoms with van der Waals surface area (Å²) < 4.78 is 0. The van der Waals surface area contributed by atoms with Crippen molar-refractivity contribution < 1.29 is 0 Å². The summed E-state index contributed by atoms with van der Waals surface area (Å²) in [5, 5.41) is 2.08. The van der Waals surface area contributed by atoms with Crippen LogP contribution in [0.1, 0.15) is 10.4 Å². The minimum absolute atomic E-state index is 0.327. The molecule has 18 heavy (non-hydrogen) atoms. The van der Waals surface area contributed by atoms with Gasteiger partial charge in [-0.2, -0.15) is 0 Å². The first-order chi connectivity index (χ1) is 8.68. The van der Waals surface area contributed by atoms with Gasteiger partial charge in [-0.1, -0.05) is 18.3 Å². The summed E-state index contributed by atoms with van der Waals surface area (Å²) in [6.07, 6.45) is 4.15. The summed E-state index contributed by atoms with van der Waals surface area (Å²) in [7, 11) is 1.98. The summed E-state index contributed by atoms with van der Waals surface area (Å²) >= 11 is 6.77. The number of nitrogens with zero attached hydrogens (tertiary/aromatic N) is 3. The van der Waals surface area contributed by atoms with Gasteiger partial charge in [0.05, 0.1) is 5.56 Å². The Morgan fingerprint density at radius 1 is 1.56 bits per heavy atom. The second-order valence-corrected chi connectivity index (χ2v) is 5.35. The molecule has 0 bridgehead atoms. The van der Waals surface area contributed by atoms with Gasteiger partial charge < -0.3 is 10.6 Å². The third-order valence-corrected chi connectivity index (χ3v) is 3.75.